The standard InChI is InChI=1S/C7H9BN2O2/c8-5-1-9-10(2-5)6-3-12-4-7(6)11/h1-2,6-7,11H,3-4H2/t6-,7-/m1/s1. The van der Waals surface area contributed by atoms with Crippen molar-refractivity contribution in [1.82, 2.24) is 9.78 Å². The molecular weight excluding hydrogens is 155 g/mol. The Balaban J connectivity index is 2.19. The van der Waals surface area contributed by atoms with Crippen molar-refractivity contribution in [3.63, 3.8) is 0 Å². The lowest BCUT2D eigenvalue weighted by molar-refractivity contribution is 0.118. The molecule has 2 rings (SSSR count). The summed E-state index contributed by atoms with van der Waals surface area (Å²) in [6, 6.07) is -0.0812. The quantitative estimate of drug-likeness (QED) is 0.519. The molecule has 0 aromatic carbocycles. The van der Waals surface area contributed by atoms with E-state index in [-0.39, 0.29) is 6.04 Å². The fourth-order valence-electron chi connectivity index (χ4n) is 1.32. The van der Waals surface area contributed by atoms with Crippen LogP contribution in [0.3, 0.4) is 0 Å². The Morgan fingerprint density at radius 3 is 3.00 bits per heavy atom. The highest BCUT2D eigenvalue weighted by Gasteiger charge is 2.27. The Labute approximate surface area is 71.6 Å². The van der Waals surface area contributed by atoms with E-state index < -0.39 is 6.10 Å². The lowest BCUT2D eigenvalue weighted by Gasteiger charge is -2.11. The Morgan fingerprint density at radius 1 is 1.67 bits per heavy atom. The van der Waals surface area contributed by atoms with Crippen molar-refractivity contribution in [3.8, 4) is 0 Å². The van der Waals surface area contributed by atoms with Gasteiger partial charge in [0.25, 0.3) is 0 Å². The Hall–Kier alpha value is -0.805. The number of aliphatic hydroxyl groups is 1. The molecule has 1 saturated heterocycles. The van der Waals surface area contributed by atoms with Gasteiger partial charge in [0.05, 0.1) is 13.2 Å². The van der Waals surface area contributed by atoms with Crippen LogP contribution in [0.4, 0.5) is 0 Å². The monoisotopic (exact) mass is 164 g/mol. The van der Waals surface area contributed by atoms with Crippen molar-refractivity contribution >= 4 is 13.3 Å². The highest BCUT2D eigenvalue weighted by atomic mass is 16.5. The van der Waals surface area contributed by atoms with Crippen LogP contribution in [-0.4, -0.2) is 42.1 Å². The second-order valence-corrected chi connectivity index (χ2v) is 2.93. The molecule has 4 nitrogen and oxygen atoms in total. The molecule has 2 heterocycles. The van der Waals surface area contributed by atoms with Gasteiger partial charge in [-0.2, -0.15) is 5.10 Å². The van der Waals surface area contributed by atoms with Crippen LogP contribution in [0.5, 0.6) is 0 Å². The summed E-state index contributed by atoms with van der Waals surface area (Å²) in [5.74, 6) is 0. The molecule has 2 radical (unpaired) electrons. The summed E-state index contributed by atoms with van der Waals surface area (Å²) in [7, 11) is 5.49. The molecule has 0 bridgehead atoms. The molecule has 5 heteroatoms. The minimum Gasteiger partial charge on any atom is -0.388 e. The number of hydrogen-bond acceptors (Lipinski definition) is 3. The van der Waals surface area contributed by atoms with Crippen LogP contribution in [0.2, 0.25) is 0 Å². The Kier molecular flexibility index (Phi) is 1.90. The minimum atomic E-state index is -0.468. The summed E-state index contributed by atoms with van der Waals surface area (Å²) in [6.07, 6.45) is 2.79. The van der Waals surface area contributed by atoms with Crippen LogP contribution < -0.4 is 5.46 Å². The van der Waals surface area contributed by atoms with Crippen molar-refractivity contribution in [2.24, 2.45) is 0 Å². The average molecular weight is 164 g/mol. The van der Waals surface area contributed by atoms with E-state index in [4.69, 9.17) is 12.6 Å². The Morgan fingerprint density at radius 2 is 2.50 bits per heavy atom. The molecule has 62 valence electrons. The summed E-state index contributed by atoms with van der Waals surface area (Å²) >= 11 is 0. The van der Waals surface area contributed by atoms with Gasteiger partial charge >= 0.3 is 0 Å². The maximum Gasteiger partial charge on any atom is 0.118 e. The van der Waals surface area contributed by atoms with Crippen LogP contribution in [-0.2, 0) is 4.74 Å². The summed E-state index contributed by atoms with van der Waals surface area (Å²) in [5, 5.41) is 13.4. The van der Waals surface area contributed by atoms with Gasteiger partial charge in [-0.25, -0.2) is 0 Å². The van der Waals surface area contributed by atoms with Gasteiger partial charge in [0.15, 0.2) is 0 Å². The predicted molar refractivity (Wildman–Crippen MR) is 43.5 cm³/mol. The number of hydrogen-bond donors (Lipinski definition) is 1. The topological polar surface area (TPSA) is 47.3 Å². The van der Waals surface area contributed by atoms with Gasteiger partial charge in [0, 0.05) is 12.4 Å². The molecule has 12 heavy (non-hydrogen) atoms. The second kappa shape index (κ2) is 2.92. The fraction of sp³-hybridized carbons (Fsp3) is 0.571. The zero-order valence-corrected chi connectivity index (χ0v) is 6.55. The number of aromatic nitrogens is 2. The molecule has 1 aromatic heterocycles. The largest absolute Gasteiger partial charge is 0.388 e. The minimum absolute atomic E-state index is 0.0812. The molecule has 2 atom stereocenters. The predicted octanol–water partition coefficient (Wildman–Crippen LogP) is -1.39. The third-order valence-electron chi connectivity index (χ3n) is 1.98. The molecular formula is C7H9BN2O2. The van der Waals surface area contributed by atoms with E-state index >= 15 is 0 Å². The van der Waals surface area contributed by atoms with E-state index in [1.165, 1.54) is 0 Å². The maximum atomic E-state index is 9.42. The molecule has 1 N–H and O–H groups in total. The number of ether oxygens (including phenoxy) is 1. The van der Waals surface area contributed by atoms with Gasteiger partial charge < -0.3 is 9.84 Å². The summed E-state index contributed by atoms with van der Waals surface area (Å²) in [6.45, 7) is 0.882. The van der Waals surface area contributed by atoms with Gasteiger partial charge in [0.1, 0.15) is 20.0 Å². The average Bonchev–Trinajstić information content (AvgIpc) is 2.58. The molecule has 1 aromatic rings. The lowest BCUT2D eigenvalue weighted by atomic mass is 10.0. The van der Waals surface area contributed by atoms with E-state index in [2.05, 4.69) is 5.10 Å². The van der Waals surface area contributed by atoms with Crippen molar-refractivity contribution in [2.75, 3.05) is 13.2 Å². The van der Waals surface area contributed by atoms with Gasteiger partial charge in [-0.1, -0.05) is 5.46 Å². The summed E-state index contributed by atoms with van der Waals surface area (Å²) in [5.41, 5.74) is 0.606. The third-order valence-corrected chi connectivity index (χ3v) is 1.98. The number of aliphatic hydroxyl groups excluding tert-OH is 1. The number of nitrogens with zero attached hydrogens (tertiary/aromatic N) is 2. The lowest BCUT2D eigenvalue weighted by Crippen LogP contribution is -2.22. The molecule has 0 spiro atoms. The van der Waals surface area contributed by atoms with Crippen molar-refractivity contribution in [1.29, 1.82) is 0 Å². The van der Waals surface area contributed by atoms with Crippen LogP contribution >= 0.6 is 0 Å². The fourth-order valence-corrected chi connectivity index (χ4v) is 1.32. The highest BCUT2D eigenvalue weighted by molar-refractivity contribution is 6.31. The maximum absolute atomic E-state index is 9.42. The first kappa shape index (κ1) is 7.82. The summed E-state index contributed by atoms with van der Waals surface area (Å²) < 4.78 is 6.73. The molecule has 0 saturated carbocycles. The van der Waals surface area contributed by atoms with Gasteiger partial charge in [0.2, 0.25) is 0 Å². The molecule has 1 aliphatic rings. The van der Waals surface area contributed by atoms with Crippen LogP contribution in [0, 0.1) is 0 Å². The van der Waals surface area contributed by atoms with E-state index in [1.807, 2.05) is 0 Å². The first-order chi connectivity index (χ1) is 5.77. The van der Waals surface area contributed by atoms with Gasteiger partial charge in [-0.3, -0.25) is 4.68 Å². The Bertz CT molecular complexity index is 276. The molecule has 0 unspecified atom stereocenters. The van der Waals surface area contributed by atoms with Crippen molar-refractivity contribution < 1.29 is 9.84 Å². The van der Waals surface area contributed by atoms with Gasteiger partial charge in [-0.05, 0) is 0 Å². The van der Waals surface area contributed by atoms with Crippen LogP contribution in [0.25, 0.3) is 0 Å². The van der Waals surface area contributed by atoms with Gasteiger partial charge in [-0.15, -0.1) is 0 Å². The molecule has 1 fully saturated rings. The number of rotatable bonds is 1. The molecule has 0 aliphatic carbocycles. The SMILES string of the molecule is [B]c1cnn([C@@H]2COC[C@H]2O)c1. The highest BCUT2D eigenvalue weighted by Crippen LogP contribution is 2.17. The normalized spacial score (nSPS) is 29.4. The second-order valence-electron chi connectivity index (χ2n) is 2.93. The first-order valence-corrected chi connectivity index (χ1v) is 3.83. The van der Waals surface area contributed by atoms with Crippen LogP contribution in [0.15, 0.2) is 12.4 Å². The third kappa shape index (κ3) is 1.25. The summed E-state index contributed by atoms with van der Waals surface area (Å²) in [4.78, 5) is 0. The zero-order valence-electron chi connectivity index (χ0n) is 6.55. The van der Waals surface area contributed by atoms with E-state index in [0.717, 1.165) is 0 Å². The zero-order chi connectivity index (χ0) is 8.55. The smallest absolute Gasteiger partial charge is 0.118 e. The van der Waals surface area contributed by atoms with E-state index in [0.29, 0.717) is 18.7 Å². The van der Waals surface area contributed by atoms with E-state index in [9.17, 15) is 5.11 Å². The first-order valence-electron chi connectivity index (χ1n) is 3.83. The molecule has 0 amide bonds. The molecule has 1 aliphatic heterocycles. The van der Waals surface area contributed by atoms with E-state index in [1.54, 1.807) is 17.1 Å². The van der Waals surface area contributed by atoms with Crippen LogP contribution in [0.1, 0.15) is 6.04 Å². The van der Waals surface area contributed by atoms with Crippen molar-refractivity contribution in [3.05, 3.63) is 12.4 Å². The van der Waals surface area contributed by atoms with Crippen molar-refractivity contribution in [2.45, 2.75) is 12.1 Å².